The smallest absolute Gasteiger partial charge is 0.199 e. The summed E-state index contributed by atoms with van der Waals surface area (Å²) in [6, 6.07) is 18.8. The molecule has 2 nitrogen and oxygen atoms in total. The van der Waals surface area contributed by atoms with Crippen LogP contribution in [0.2, 0.25) is 0 Å². The molecule has 0 aliphatic rings. The number of hydrogen-bond donors (Lipinski definition) is 0. The molecular weight excluding hydrogens is 292 g/mol. The van der Waals surface area contributed by atoms with Crippen LogP contribution in [0.5, 0.6) is 0 Å². The first-order valence-corrected chi connectivity index (χ1v) is 9.11. The van der Waals surface area contributed by atoms with Gasteiger partial charge in [-0.3, -0.25) is 0 Å². The lowest BCUT2D eigenvalue weighted by molar-refractivity contribution is 0.604. The van der Waals surface area contributed by atoms with E-state index in [9.17, 15) is 8.42 Å². The lowest BCUT2D eigenvalue weighted by Crippen LogP contribution is -1.94. The molecule has 0 saturated carbocycles. The molecule has 0 bridgehead atoms. The average Bonchev–Trinajstić information content (AvgIpc) is 2.59. The van der Waals surface area contributed by atoms with Crippen LogP contribution in [-0.2, 0) is 16.3 Å². The highest BCUT2D eigenvalue weighted by molar-refractivity contribution is 7.94. The second kappa shape index (κ2) is 11.8. The Morgan fingerprint density at radius 1 is 0.864 bits per heavy atom. The summed E-state index contributed by atoms with van der Waals surface area (Å²) in [7, 11) is -3.19. The Morgan fingerprint density at radius 3 is 1.68 bits per heavy atom. The molecule has 0 aromatic heterocycles. The number of allylic oxidation sites excluding steroid dienone is 1. The number of aryl methyl sites for hydroxylation is 1. The van der Waals surface area contributed by atoms with Gasteiger partial charge in [-0.2, -0.15) is 0 Å². The molecule has 0 amide bonds. The van der Waals surface area contributed by atoms with Gasteiger partial charge in [0.1, 0.15) is 0 Å². The van der Waals surface area contributed by atoms with Crippen LogP contribution in [-0.4, -0.2) is 8.42 Å². The zero-order chi connectivity index (χ0) is 16.8. The first kappa shape index (κ1) is 20.1. The Balaban J connectivity index is 0.000000382. The molecular formula is C19H26O2S. The largest absolute Gasteiger partial charge is 0.219 e. The van der Waals surface area contributed by atoms with E-state index < -0.39 is 9.84 Å². The molecule has 0 unspecified atom stereocenters. The minimum absolute atomic E-state index is 0.336. The molecule has 0 atom stereocenters. The highest BCUT2D eigenvalue weighted by atomic mass is 32.2. The predicted molar refractivity (Wildman–Crippen MR) is 95.6 cm³/mol. The fraction of sp³-hybridized carbons (Fsp3) is 0.263. The maximum absolute atomic E-state index is 11.3. The topological polar surface area (TPSA) is 34.1 Å². The number of benzene rings is 2. The molecule has 22 heavy (non-hydrogen) atoms. The van der Waals surface area contributed by atoms with E-state index >= 15 is 0 Å². The second-order valence-electron chi connectivity index (χ2n) is 4.17. The molecule has 0 N–H and O–H groups in total. The summed E-state index contributed by atoms with van der Waals surface area (Å²) in [6.07, 6.45) is 2.66. The molecule has 3 heteroatoms. The number of rotatable bonds is 3. The van der Waals surface area contributed by atoms with Crippen LogP contribution >= 0.6 is 0 Å². The molecule has 0 spiro atoms. The normalized spacial score (nSPS) is 10.2. The van der Waals surface area contributed by atoms with Crippen molar-refractivity contribution in [2.45, 2.75) is 39.0 Å². The van der Waals surface area contributed by atoms with E-state index in [0.717, 1.165) is 6.42 Å². The van der Waals surface area contributed by atoms with E-state index in [2.05, 4.69) is 31.2 Å². The van der Waals surface area contributed by atoms with Gasteiger partial charge < -0.3 is 0 Å². The molecule has 0 saturated heterocycles. The van der Waals surface area contributed by atoms with Crippen molar-refractivity contribution in [1.29, 1.82) is 0 Å². The van der Waals surface area contributed by atoms with E-state index in [1.165, 1.54) is 17.0 Å². The van der Waals surface area contributed by atoms with Crippen LogP contribution in [0.1, 0.15) is 33.3 Å². The predicted octanol–water partition coefficient (Wildman–Crippen LogP) is 5.27. The third-order valence-corrected chi connectivity index (χ3v) is 4.20. The summed E-state index contributed by atoms with van der Waals surface area (Å²) in [5, 5.41) is 1.20. The first-order valence-electron chi connectivity index (χ1n) is 7.57. The maximum atomic E-state index is 11.3. The van der Waals surface area contributed by atoms with Gasteiger partial charge in [0.2, 0.25) is 0 Å². The summed E-state index contributed by atoms with van der Waals surface area (Å²) in [6.45, 7) is 7.84. The molecule has 0 radical (unpaired) electrons. The van der Waals surface area contributed by atoms with Crippen LogP contribution < -0.4 is 0 Å². The molecule has 0 aliphatic heterocycles. The Morgan fingerprint density at radius 2 is 1.32 bits per heavy atom. The van der Waals surface area contributed by atoms with Gasteiger partial charge in [0.05, 0.1) is 4.90 Å². The van der Waals surface area contributed by atoms with Crippen LogP contribution in [0.4, 0.5) is 0 Å². The molecule has 120 valence electrons. The molecule has 2 aromatic rings. The van der Waals surface area contributed by atoms with Crippen molar-refractivity contribution < 1.29 is 8.42 Å². The van der Waals surface area contributed by atoms with Gasteiger partial charge in [-0.15, -0.1) is 0 Å². The van der Waals surface area contributed by atoms with Crippen molar-refractivity contribution in [3.8, 4) is 0 Å². The third-order valence-electron chi connectivity index (χ3n) is 2.64. The van der Waals surface area contributed by atoms with Gasteiger partial charge >= 0.3 is 0 Å². The van der Waals surface area contributed by atoms with Gasteiger partial charge in [0.25, 0.3) is 0 Å². The van der Waals surface area contributed by atoms with E-state index in [-0.39, 0.29) is 0 Å². The van der Waals surface area contributed by atoms with Crippen LogP contribution in [0.3, 0.4) is 0 Å². The number of hydrogen-bond acceptors (Lipinski definition) is 2. The Bertz CT molecular complexity index is 615. The molecule has 2 rings (SSSR count). The van der Waals surface area contributed by atoms with E-state index in [4.69, 9.17) is 0 Å². The summed E-state index contributed by atoms with van der Waals surface area (Å²) in [5.41, 5.74) is 1.41. The fourth-order valence-corrected chi connectivity index (χ4v) is 2.63. The molecule has 2 aromatic carbocycles. The zero-order valence-electron chi connectivity index (χ0n) is 13.9. The summed E-state index contributed by atoms with van der Waals surface area (Å²) in [5.74, 6) is 0. The monoisotopic (exact) mass is 318 g/mol. The van der Waals surface area contributed by atoms with Crippen molar-refractivity contribution >= 4 is 9.84 Å². The van der Waals surface area contributed by atoms with Crippen LogP contribution in [0.15, 0.2) is 77.0 Å². The fourth-order valence-electron chi connectivity index (χ4n) is 1.58. The Kier molecular flexibility index (Phi) is 10.8. The first-order chi connectivity index (χ1) is 10.6. The molecule has 0 aliphatic carbocycles. The molecule has 0 fully saturated rings. The highest BCUT2D eigenvalue weighted by Gasteiger charge is 2.07. The van der Waals surface area contributed by atoms with E-state index in [0.29, 0.717) is 4.90 Å². The lowest BCUT2D eigenvalue weighted by atomic mass is 10.2. The van der Waals surface area contributed by atoms with Gasteiger partial charge in [0.15, 0.2) is 9.84 Å². The van der Waals surface area contributed by atoms with Gasteiger partial charge in [0, 0.05) is 5.41 Å². The standard InChI is InChI=1S/C9H10O2S.C8H10.C2H6/c1-2-8-12(10,11)9-6-4-3-5-7-9;1-2-8-6-4-3-5-7-8;1-2/h2-8H,1H3;3-7H,2H2,1H3;1-2H3/b8-2+;;. The lowest BCUT2D eigenvalue weighted by Gasteiger charge is -1.95. The second-order valence-corrected chi connectivity index (χ2v) is 6.00. The van der Waals surface area contributed by atoms with Crippen molar-refractivity contribution in [2.75, 3.05) is 0 Å². The van der Waals surface area contributed by atoms with Crippen LogP contribution in [0.25, 0.3) is 0 Å². The van der Waals surface area contributed by atoms with E-state index in [1.807, 2.05) is 19.9 Å². The Labute approximate surface area is 135 Å². The Hall–Kier alpha value is -1.87. The van der Waals surface area contributed by atoms with Crippen LogP contribution in [0, 0.1) is 0 Å². The van der Waals surface area contributed by atoms with Crippen molar-refractivity contribution in [1.82, 2.24) is 0 Å². The average molecular weight is 318 g/mol. The SMILES string of the molecule is C/C=C/S(=O)(=O)c1ccccc1.CC.CCc1ccccc1. The quantitative estimate of drug-likeness (QED) is 0.772. The maximum Gasteiger partial charge on any atom is 0.199 e. The zero-order valence-corrected chi connectivity index (χ0v) is 14.7. The van der Waals surface area contributed by atoms with Crippen molar-refractivity contribution in [2.24, 2.45) is 0 Å². The number of sulfone groups is 1. The summed E-state index contributed by atoms with van der Waals surface area (Å²) < 4.78 is 22.7. The highest BCUT2D eigenvalue weighted by Crippen LogP contribution is 2.10. The minimum atomic E-state index is -3.19. The third kappa shape index (κ3) is 7.79. The van der Waals surface area contributed by atoms with Crippen molar-refractivity contribution in [3.63, 3.8) is 0 Å². The summed E-state index contributed by atoms with van der Waals surface area (Å²) >= 11 is 0. The van der Waals surface area contributed by atoms with Crippen molar-refractivity contribution in [3.05, 3.63) is 77.7 Å². The van der Waals surface area contributed by atoms with E-state index in [1.54, 1.807) is 37.3 Å². The summed E-state index contributed by atoms with van der Waals surface area (Å²) in [4.78, 5) is 0.336. The van der Waals surface area contributed by atoms with Gasteiger partial charge in [-0.05, 0) is 31.0 Å². The molecule has 0 heterocycles. The minimum Gasteiger partial charge on any atom is -0.219 e. The van der Waals surface area contributed by atoms with Gasteiger partial charge in [-0.1, -0.05) is 75.4 Å². The van der Waals surface area contributed by atoms with Gasteiger partial charge in [-0.25, -0.2) is 8.42 Å².